The first-order valence-corrected chi connectivity index (χ1v) is 11.7. The quantitative estimate of drug-likeness (QED) is 0.478. The molecule has 1 saturated carbocycles. The molecule has 9 nitrogen and oxygen atoms in total. The summed E-state index contributed by atoms with van der Waals surface area (Å²) in [4.78, 5) is 24.6. The summed E-state index contributed by atoms with van der Waals surface area (Å²) in [6, 6.07) is 9.06. The first-order chi connectivity index (χ1) is 16.2. The third kappa shape index (κ3) is 4.69. The summed E-state index contributed by atoms with van der Waals surface area (Å²) in [5, 5.41) is 11.5. The highest BCUT2D eigenvalue weighted by Gasteiger charge is 2.32. The topological polar surface area (TPSA) is 142 Å². The molecule has 0 bridgehead atoms. The lowest BCUT2D eigenvalue weighted by atomic mass is 9.73. The van der Waals surface area contributed by atoms with Gasteiger partial charge in [-0.25, -0.2) is 4.68 Å². The molecule has 0 radical (unpaired) electrons. The molecular formula is C25H32N6O3. The number of carbonyl (C=O) groups excluding carboxylic acids is 2. The molecule has 3 aromatic rings. The van der Waals surface area contributed by atoms with Crippen LogP contribution in [-0.4, -0.2) is 26.8 Å². The maximum absolute atomic E-state index is 12.6. The lowest BCUT2D eigenvalue weighted by molar-refractivity contribution is -0.115. The minimum Gasteiger partial charge on any atom is -0.383 e. The second-order valence-corrected chi connectivity index (χ2v) is 9.63. The summed E-state index contributed by atoms with van der Waals surface area (Å²) in [6.45, 7) is 6.05. The Hall–Kier alpha value is -3.62. The minimum absolute atomic E-state index is 0.0102. The lowest BCUT2D eigenvalue weighted by Gasteiger charge is -2.31. The summed E-state index contributed by atoms with van der Waals surface area (Å²) in [6.07, 6.45) is 5.96. The maximum Gasteiger partial charge on any atom is 0.254 e. The van der Waals surface area contributed by atoms with Crippen LogP contribution in [-0.2, 0) is 16.6 Å². The average molecular weight is 465 g/mol. The van der Waals surface area contributed by atoms with Gasteiger partial charge >= 0.3 is 0 Å². The van der Waals surface area contributed by atoms with E-state index in [0.29, 0.717) is 17.1 Å². The van der Waals surface area contributed by atoms with Crippen molar-refractivity contribution in [1.82, 2.24) is 14.9 Å². The van der Waals surface area contributed by atoms with Crippen LogP contribution < -0.4 is 16.8 Å². The number of aromatic nitrogens is 3. The molecule has 0 spiro atoms. The van der Waals surface area contributed by atoms with Crippen LogP contribution in [0.4, 0.5) is 11.7 Å². The molecule has 1 aromatic carbocycles. The van der Waals surface area contributed by atoms with E-state index in [9.17, 15) is 9.59 Å². The predicted octanol–water partition coefficient (Wildman–Crippen LogP) is 4.20. The molecule has 1 aliphatic carbocycles. The van der Waals surface area contributed by atoms with E-state index in [0.717, 1.165) is 24.1 Å². The number of carbonyl (C=O) groups is 2. The molecular weight excluding hydrogens is 432 g/mol. The number of nitrogens with two attached hydrogens (primary N) is 2. The molecule has 9 heteroatoms. The first-order valence-electron chi connectivity index (χ1n) is 11.7. The average Bonchev–Trinajstić information content (AvgIpc) is 3.40. The van der Waals surface area contributed by atoms with E-state index < -0.39 is 5.91 Å². The van der Waals surface area contributed by atoms with E-state index in [1.165, 1.54) is 19.3 Å². The van der Waals surface area contributed by atoms with Gasteiger partial charge in [-0.15, -0.1) is 0 Å². The van der Waals surface area contributed by atoms with Gasteiger partial charge in [0.05, 0.1) is 12.1 Å². The molecule has 5 N–H and O–H groups in total. The third-order valence-corrected chi connectivity index (χ3v) is 6.62. The number of hydrogen-bond donors (Lipinski definition) is 3. The number of hydrogen-bond acceptors (Lipinski definition) is 6. The van der Waals surface area contributed by atoms with Crippen molar-refractivity contribution < 1.29 is 14.1 Å². The fourth-order valence-corrected chi connectivity index (χ4v) is 4.64. The Balaban J connectivity index is 1.44. The van der Waals surface area contributed by atoms with Crippen LogP contribution in [0, 0.1) is 0 Å². The van der Waals surface area contributed by atoms with E-state index in [2.05, 4.69) is 22.5 Å². The summed E-state index contributed by atoms with van der Waals surface area (Å²) < 4.78 is 6.97. The molecule has 0 saturated heterocycles. The third-order valence-electron chi connectivity index (χ3n) is 6.62. The number of anilines is 2. The van der Waals surface area contributed by atoms with Crippen molar-refractivity contribution in [1.29, 1.82) is 0 Å². The van der Waals surface area contributed by atoms with Crippen molar-refractivity contribution in [2.24, 2.45) is 5.73 Å². The van der Waals surface area contributed by atoms with Crippen molar-refractivity contribution in [2.45, 2.75) is 70.8 Å². The minimum atomic E-state index is -0.628. The van der Waals surface area contributed by atoms with Crippen molar-refractivity contribution in [2.75, 3.05) is 11.1 Å². The molecule has 0 aliphatic heterocycles. The number of amides is 2. The Morgan fingerprint density at radius 1 is 1.18 bits per heavy atom. The van der Waals surface area contributed by atoms with Gasteiger partial charge in [0.2, 0.25) is 11.8 Å². The number of primary amides is 1. The van der Waals surface area contributed by atoms with Gasteiger partial charge in [-0.1, -0.05) is 55.6 Å². The number of benzene rings is 1. The van der Waals surface area contributed by atoms with Crippen molar-refractivity contribution in [3.05, 3.63) is 47.2 Å². The highest BCUT2D eigenvalue weighted by atomic mass is 16.5. The SMILES string of the molecule is CC(C)n1nc(-c2ccc(CC(=O)Nc3cc(C4(C)CCCCC4)no3)cc2)c(C(N)=O)c1N. The van der Waals surface area contributed by atoms with E-state index >= 15 is 0 Å². The maximum atomic E-state index is 12.6. The molecule has 2 aromatic heterocycles. The van der Waals surface area contributed by atoms with E-state index in [-0.39, 0.29) is 35.2 Å². The largest absolute Gasteiger partial charge is 0.383 e. The van der Waals surface area contributed by atoms with Gasteiger partial charge in [-0.3, -0.25) is 14.9 Å². The highest BCUT2D eigenvalue weighted by Crippen LogP contribution is 2.39. The fourth-order valence-electron chi connectivity index (χ4n) is 4.64. The summed E-state index contributed by atoms with van der Waals surface area (Å²) in [7, 11) is 0. The lowest BCUT2D eigenvalue weighted by Crippen LogP contribution is -2.25. The fraction of sp³-hybridized carbons (Fsp3) is 0.440. The van der Waals surface area contributed by atoms with Crippen molar-refractivity contribution in [3.8, 4) is 11.3 Å². The Kier molecular flexibility index (Phi) is 6.45. The zero-order valence-corrected chi connectivity index (χ0v) is 19.9. The zero-order valence-electron chi connectivity index (χ0n) is 19.9. The van der Waals surface area contributed by atoms with Gasteiger partial charge < -0.3 is 16.0 Å². The van der Waals surface area contributed by atoms with Gasteiger partial charge in [0.25, 0.3) is 5.91 Å². The van der Waals surface area contributed by atoms with Gasteiger partial charge in [-0.05, 0) is 32.3 Å². The first kappa shape index (κ1) is 23.5. The molecule has 180 valence electrons. The second-order valence-electron chi connectivity index (χ2n) is 9.63. The Morgan fingerprint density at radius 2 is 1.85 bits per heavy atom. The molecule has 0 atom stereocenters. The molecule has 2 heterocycles. The van der Waals surface area contributed by atoms with E-state index in [4.69, 9.17) is 16.0 Å². The van der Waals surface area contributed by atoms with Crippen LogP contribution >= 0.6 is 0 Å². The molecule has 34 heavy (non-hydrogen) atoms. The number of rotatable bonds is 7. The summed E-state index contributed by atoms with van der Waals surface area (Å²) >= 11 is 0. The van der Waals surface area contributed by atoms with E-state index in [1.54, 1.807) is 16.8 Å². The van der Waals surface area contributed by atoms with E-state index in [1.807, 2.05) is 32.0 Å². The van der Waals surface area contributed by atoms with Crippen molar-refractivity contribution in [3.63, 3.8) is 0 Å². The monoisotopic (exact) mass is 464 g/mol. The Morgan fingerprint density at radius 3 is 2.47 bits per heavy atom. The molecule has 0 unspecified atom stereocenters. The molecule has 2 amide bonds. The molecule has 4 rings (SSSR count). The standard InChI is InChI=1S/C25H32N6O3/c1-15(2)31-23(26)21(24(27)33)22(29-31)17-9-7-16(8-10-17)13-19(32)28-20-14-18(30-34-20)25(3)11-5-4-6-12-25/h7-10,14-15H,4-6,11-13,26H2,1-3H3,(H2,27,33)(H,28,32). The normalized spacial score (nSPS) is 15.4. The van der Waals surface area contributed by atoms with Crippen LogP contribution in [0.3, 0.4) is 0 Å². The summed E-state index contributed by atoms with van der Waals surface area (Å²) in [5.74, 6) is -0.217. The molecule has 1 aliphatic rings. The van der Waals surface area contributed by atoms with Gasteiger partial charge in [0.1, 0.15) is 17.1 Å². The van der Waals surface area contributed by atoms with Crippen molar-refractivity contribution >= 4 is 23.5 Å². The van der Waals surface area contributed by atoms with Gasteiger partial charge in [0, 0.05) is 23.1 Å². The Bertz CT molecular complexity index is 1190. The van der Waals surface area contributed by atoms with Crippen LogP contribution in [0.1, 0.15) is 80.5 Å². The number of nitrogens with zero attached hydrogens (tertiary/aromatic N) is 3. The molecule has 1 fully saturated rings. The van der Waals surface area contributed by atoms with Crippen LogP contribution in [0.5, 0.6) is 0 Å². The second kappa shape index (κ2) is 9.32. The van der Waals surface area contributed by atoms with Crippen LogP contribution in [0.2, 0.25) is 0 Å². The summed E-state index contributed by atoms with van der Waals surface area (Å²) in [5.41, 5.74) is 14.7. The van der Waals surface area contributed by atoms with Crippen LogP contribution in [0.25, 0.3) is 11.3 Å². The van der Waals surface area contributed by atoms with Gasteiger partial charge in [0.15, 0.2) is 0 Å². The number of nitrogens with one attached hydrogen (secondary N) is 1. The smallest absolute Gasteiger partial charge is 0.254 e. The number of nitrogen functional groups attached to an aromatic ring is 1. The highest BCUT2D eigenvalue weighted by molar-refractivity contribution is 6.03. The Labute approximate surface area is 198 Å². The van der Waals surface area contributed by atoms with Crippen LogP contribution in [0.15, 0.2) is 34.9 Å². The zero-order chi connectivity index (χ0) is 24.5. The van der Waals surface area contributed by atoms with Gasteiger partial charge in [-0.2, -0.15) is 5.10 Å². The predicted molar refractivity (Wildman–Crippen MR) is 130 cm³/mol.